The highest BCUT2D eigenvalue weighted by molar-refractivity contribution is 5.81. The summed E-state index contributed by atoms with van der Waals surface area (Å²) in [5.74, 6) is 0.918. The number of piperidine rings is 2. The second-order valence-electron chi connectivity index (χ2n) is 6.72. The molecule has 0 aromatic rings. The van der Waals surface area contributed by atoms with E-state index in [0.29, 0.717) is 23.8 Å². The summed E-state index contributed by atoms with van der Waals surface area (Å²) >= 11 is 0. The van der Waals surface area contributed by atoms with Gasteiger partial charge in [0.2, 0.25) is 0 Å². The molecule has 2 unspecified atom stereocenters. The third-order valence-electron chi connectivity index (χ3n) is 5.00. The molecule has 0 saturated carbocycles. The molecule has 114 valence electrons. The fraction of sp³-hybridized carbons (Fsp3) is 0.833. The van der Waals surface area contributed by atoms with Gasteiger partial charge in [0, 0.05) is 24.4 Å². The quantitative estimate of drug-likeness (QED) is 0.500. The fourth-order valence-corrected chi connectivity index (χ4v) is 3.85. The van der Waals surface area contributed by atoms with Gasteiger partial charge in [-0.25, -0.2) is 0 Å². The smallest absolute Gasteiger partial charge is 0.136 e. The molecule has 0 aromatic heterocycles. The molecule has 0 radical (unpaired) electrons. The molecule has 1 N–H and O–H groups in total. The first-order chi connectivity index (χ1) is 9.79. The monoisotopic (exact) mass is 277 g/mol. The standard InChI is InChI=1S/C18H31NO/c1-2-3-4-5-6-7-8-12-18(20)15-13-16-10-9-11-17(14-15)19-16/h2,15-17,19H,1,3-14H2. The Hall–Kier alpha value is -0.630. The van der Waals surface area contributed by atoms with Crippen LogP contribution in [0.2, 0.25) is 0 Å². The first-order valence-corrected chi connectivity index (χ1v) is 8.69. The number of rotatable bonds is 9. The number of ketones is 1. The number of carbonyl (C=O) groups excluding carboxylic acids is 1. The summed E-state index contributed by atoms with van der Waals surface area (Å²) in [6, 6.07) is 1.27. The molecule has 2 bridgehead atoms. The number of hydrogen-bond donors (Lipinski definition) is 1. The Bertz CT molecular complexity index is 301. The summed E-state index contributed by atoms with van der Waals surface area (Å²) in [7, 11) is 0. The van der Waals surface area contributed by atoms with E-state index in [0.717, 1.165) is 32.1 Å². The average molecular weight is 277 g/mol. The van der Waals surface area contributed by atoms with Crippen LogP contribution in [0.1, 0.15) is 77.0 Å². The molecule has 0 aliphatic carbocycles. The van der Waals surface area contributed by atoms with Crippen LogP contribution in [0.3, 0.4) is 0 Å². The second kappa shape index (κ2) is 8.61. The van der Waals surface area contributed by atoms with Gasteiger partial charge in [-0.2, -0.15) is 0 Å². The van der Waals surface area contributed by atoms with Gasteiger partial charge in [0.05, 0.1) is 0 Å². The molecule has 2 rings (SSSR count). The van der Waals surface area contributed by atoms with Crippen molar-refractivity contribution >= 4 is 5.78 Å². The van der Waals surface area contributed by atoms with Gasteiger partial charge >= 0.3 is 0 Å². The molecule has 20 heavy (non-hydrogen) atoms. The maximum atomic E-state index is 12.3. The number of nitrogens with one attached hydrogen (secondary N) is 1. The van der Waals surface area contributed by atoms with Crippen LogP contribution in [0, 0.1) is 5.92 Å². The lowest BCUT2D eigenvalue weighted by molar-refractivity contribution is -0.124. The van der Waals surface area contributed by atoms with Crippen LogP contribution in [0.5, 0.6) is 0 Å². The highest BCUT2D eigenvalue weighted by Gasteiger charge is 2.33. The van der Waals surface area contributed by atoms with Gasteiger partial charge in [-0.05, 0) is 44.9 Å². The molecule has 0 amide bonds. The molecule has 2 heteroatoms. The lowest BCUT2D eigenvalue weighted by Crippen LogP contribution is -2.50. The first-order valence-electron chi connectivity index (χ1n) is 8.69. The molecule has 2 heterocycles. The zero-order chi connectivity index (χ0) is 14.2. The van der Waals surface area contributed by atoms with E-state index in [-0.39, 0.29) is 0 Å². The van der Waals surface area contributed by atoms with Gasteiger partial charge in [-0.3, -0.25) is 4.79 Å². The summed E-state index contributed by atoms with van der Waals surface area (Å²) in [6.45, 7) is 3.74. The van der Waals surface area contributed by atoms with Crippen molar-refractivity contribution in [1.82, 2.24) is 5.32 Å². The Balaban J connectivity index is 1.57. The Labute approximate surface area is 124 Å². The molecule has 2 fully saturated rings. The number of hydrogen-bond acceptors (Lipinski definition) is 2. The van der Waals surface area contributed by atoms with Gasteiger partial charge in [-0.15, -0.1) is 6.58 Å². The predicted molar refractivity (Wildman–Crippen MR) is 84.8 cm³/mol. The van der Waals surface area contributed by atoms with Crippen molar-refractivity contribution in [2.75, 3.05) is 0 Å². The molecule has 2 nitrogen and oxygen atoms in total. The Kier molecular flexibility index (Phi) is 6.78. The van der Waals surface area contributed by atoms with Crippen molar-refractivity contribution in [3.05, 3.63) is 12.7 Å². The number of carbonyl (C=O) groups is 1. The van der Waals surface area contributed by atoms with Gasteiger partial charge in [0.15, 0.2) is 0 Å². The third kappa shape index (κ3) is 5.05. The van der Waals surface area contributed by atoms with Crippen molar-refractivity contribution in [1.29, 1.82) is 0 Å². The van der Waals surface area contributed by atoms with E-state index >= 15 is 0 Å². The number of allylic oxidation sites excluding steroid dienone is 1. The number of Topliss-reactive ketones (excluding diaryl/α,β-unsaturated/α-hetero) is 1. The van der Waals surface area contributed by atoms with Gasteiger partial charge in [0.25, 0.3) is 0 Å². The highest BCUT2D eigenvalue weighted by Crippen LogP contribution is 2.31. The van der Waals surface area contributed by atoms with Gasteiger partial charge in [0.1, 0.15) is 5.78 Å². The van der Waals surface area contributed by atoms with Crippen molar-refractivity contribution in [2.24, 2.45) is 5.92 Å². The van der Waals surface area contributed by atoms with Crippen molar-refractivity contribution in [2.45, 2.75) is 89.1 Å². The van der Waals surface area contributed by atoms with E-state index in [4.69, 9.17) is 0 Å². The lowest BCUT2D eigenvalue weighted by Gasteiger charge is -2.39. The average Bonchev–Trinajstić information content (AvgIpc) is 2.45. The summed E-state index contributed by atoms with van der Waals surface area (Å²) in [5.41, 5.74) is 0. The molecule has 2 aliphatic heterocycles. The van der Waals surface area contributed by atoms with E-state index in [2.05, 4.69) is 11.9 Å². The third-order valence-corrected chi connectivity index (χ3v) is 5.00. The molecule has 2 atom stereocenters. The summed E-state index contributed by atoms with van der Waals surface area (Å²) < 4.78 is 0. The summed E-state index contributed by atoms with van der Waals surface area (Å²) in [5, 5.41) is 3.67. The second-order valence-corrected chi connectivity index (χ2v) is 6.72. The van der Waals surface area contributed by atoms with Crippen molar-refractivity contribution < 1.29 is 4.79 Å². The fourth-order valence-electron chi connectivity index (χ4n) is 3.85. The van der Waals surface area contributed by atoms with Crippen LogP contribution in [0.4, 0.5) is 0 Å². The van der Waals surface area contributed by atoms with Crippen molar-refractivity contribution in [3.63, 3.8) is 0 Å². The molecule has 2 aliphatic rings. The molecular weight excluding hydrogens is 246 g/mol. The predicted octanol–water partition coefficient (Wildman–Crippen LogP) is 4.39. The van der Waals surface area contributed by atoms with Crippen LogP contribution in [0.25, 0.3) is 0 Å². The Morgan fingerprint density at radius 3 is 2.40 bits per heavy atom. The summed E-state index contributed by atoms with van der Waals surface area (Å²) in [4.78, 5) is 12.3. The van der Waals surface area contributed by atoms with E-state index in [9.17, 15) is 4.79 Å². The highest BCUT2D eigenvalue weighted by atomic mass is 16.1. The van der Waals surface area contributed by atoms with Crippen LogP contribution in [-0.4, -0.2) is 17.9 Å². The molecule has 0 spiro atoms. The van der Waals surface area contributed by atoms with Crippen LogP contribution in [-0.2, 0) is 4.79 Å². The minimum absolute atomic E-state index is 0.368. The minimum atomic E-state index is 0.368. The molecular formula is C18H31NO. The van der Waals surface area contributed by atoms with E-state index in [1.54, 1.807) is 0 Å². The van der Waals surface area contributed by atoms with Crippen LogP contribution in [0.15, 0.2) is 12.7 Å². The molecule has 2 saturated heterocycles. The van der Waals surface area contributed by atoms with E-state index in [1.807, 2.05) is 6.08 Å². The SMILES string of the molecule is C=CCCCCCCCC(=O)C1CC2CCCC(C1)N2. The van der Waals surface area contributed by atoms with Crippen molar-refractivity contribution in [3.8, 4) is 0 Å². The minimum Gasteiger partial charge on any atom is -0.311 e. The zero-order valence-electron chi connectivity index (χ0n) is 12.9. The van der Waals surface area contributed by atoms with Crippen LogP contribution < -0.4 is 5.32 Å². The van der Waals surface area contributed by atoms with Crippen LogP contribution >= 0.6 is 0 Å². The summed E-state index contributed by atoms with van der Waals surface area (Å²) in [6.07, 6.45) is 16.2. The first kappa shape index (κ1) is 15.8. The van der Waals surface area contributed by atoms with E-state index in [1.165, 1.54) is 44.9 Å². The number of unbranched alkanes of at least 4 members (excludes halogenated alkanes) is 5. The largest absolute Gasteiger partial charge is 0.311 e. The maximum absolute atomic E-state index is 12.3. The topological polar surface area (TPSA) is 29.1 Å². The normalized spacial score (nSPS) is 29.1. The lowest BCUT2D eigenvalue weighted by atomic mass is 9.77. The van der Waals surface area contributed by atoms with Gasteiger partial charge < -0.3 is 5.32 Å². The van der Waals surface area contributed by atoms with Gasteiger partial charge in [-0.1, -0.05) is 31.8 Å². The molecule has 0 aromatic carbocycles. The zero-order valence-corrected chi connectivity index (χ0v) is 12.9. The Morgan fingerprint density at radius 1 is 1.05 bits per heavy atom. The maximum Gasteiger partial charge on any atom is 0.136 e. The number of fused-ring (bicyclic) bond motifs is 2. The Morgan fingerprint density at radius 2 is 1.70 bits per heavy atom. The van der Waals surface area contributed by atoms with E-state index < -0.39 is 0 Å².